The molecule has 30 heavy (non-hydrogen) atoms. The Morgan fingerprint density at radius 3 is 2.97 bits per heavy atom. The number of aromatic nitrogens is 3. The van der Waals surface area contributed by atoms with Gasteiger partial charge in [-0.3, -0.25) is 24.7 Å². The number of hydrogen-bond acceptors (Lipinski definition) is 8. The van der Waals surface area contributed by atoms with Crippen LogP contribution in [-0.4, -0.2) is 32.6 Å². The zero-order chi connectivity index (χ0) is 20.9. The maximum Gasteiger partial charge on any atom is 0.264 e. The average molecular weight is 416 g/mol. The standard InChI is InChI=1S/C21H16N6O2S/c1-2-29-19-14(9-22)10-25-17-4-3-13(7-16(17)19)8-18-20(28)27-21(30-18)26-12-15-11-23-5-6-24-15/h3-8,10-11H,2,12H2,1H3,(H,26,27,28). The quantitative estimate of drug-likeness (QED) is 0.636. The lowest BCUT2D eigenvalue weighted by atomic mass is 10.1. The Labute approximate surface area is 176 Å². The van der Waals surface area contributed by atoms with E-state index in [9.17, 15) is 10.1 Å². The summed E-state index contributed by atoms with van der Waals surface area (Å²) in [6.07, 6.45) is 8.12. The Hall–Kier alpha value is -3.77. The van der Waals surface area contributed by atoms with Gasteiger partial charge in [0.15, 0.2) is 5.17 Å². The van der Waals surface area contributed by atoms with Crippen LogP contribution in [0.2, 0.25) is 0 Å². The Morgan fingerprint density at radius 2 is 2.20 bits per heavy atom. The molecule has 1 N–H and O–H groups in total. The summed E-state index contributed by atoms with van der Waals surface area (Å²) >= 11 is 1.26. The first-order valence-electron chi connectivity index (χ1n) is 9.14. The third kappa shape index (κ3) is 4.14. The molecule has 1 fully saturated rings. The number of thioether (sulfide) groups is 1. The molecule has 1 aromatic carbocycles. The zero-order valence-electron chi connectivity index (χ0n) is 16.0. The van der Waals surface area contributed by atoms with E-state index >= 15 is 0 Å². The largest absolute Gasteiger partial charge is 0.492 e. The molecule has 3 aromatic rings. The number of nitriles is 1. The second-order valence-corrected chi connectivity index (χ2v) is 7.24. The minimum absolute atomic E-state index is 0.216. The number of hydrogen-bond donors (Lipinski definition) is 1. The lowest BCUT2D eigenvalue weighted by molar-refractivity contribution is -0.115. The zero-order valence-corrected chi connectivity index (χ0v) is 16.8. The van der Waals surface area contributed by atoms with Crippen molar-refractivity contribution in [3.8, 4) is 11.8 Å². The molecule has 0 atom stereocenters. The van der Waals surface area contributed by atoms with Gasteiger partial charge in [0.25, 0.3) is 5.91 Å². The van der Waals surface area contributed by atoms with Crippen LogP contribution in [0.25, 0.3) is 17.0 Å². The lowest BCUT2D eigenvalue weighted by Crippen LogP contribution is -2.19. The van der Waals surface area contributed by atoms with Gasteiger partial charge in [-0.2, -0.15) is 5.26 Å². The number of fused-ring (bicyclic) bond motifs is 1. The molecule has 1 aliphatic heterocycles. The molecule has 0 unspecified atom stereocenters. The second kappa shape index (κ2) is 8.71. The van der Waals surface area contributed by atoms with Crippen molar-refractivity contribution < 1.29 is 9.53 Å². The van der Waals surface area contributed by atoms with Crippen LogP contribution in [0.4, 0.5) is 0 Å². The lowest BCUT2D eigenvalue weighted by Gasteiger charge is -2.09. The Kier molecular flexibility index (Phi) is 5.68. The van der Waals surface area contributed by atoms with Crippen LogP contribution < -0.4 is 10.1 Å². The van der Waals surface area contributed by atoms with Crippen molar-refractivity contribution in [3.05, 3.63) is 64.7 Å². The molecule has 4 rings (SSSR count). The Balaban J connectivity index is 1.62. The van der Waals surface area contributed by atoms with Gasteiger partial charge >= 0.3 is 0 Å². The van der Waals surface area contributed by atoms with Gasteiger partial charge in [0.2, 0.25) is 0 Å². The molecule has 0 aliphatic carbocycles. The normalized spacial score (nSPS) is 16.1. The summed E-state index contributed by atoms with van der Waals surface area (Å²) in [5, 5.41) is 13.3. The fourth-order valence-corrected chi connectivity index (χ4v) is 3.69. The third-order valence-electron chi connectivity index (χ3n) is 4.20. The molecular weight excluding hydrogens is 400 g/mol. The maximum atomic E-state index is 12.3. The highest BCUT2D eigenvalue weighted by molar-refractivity contribution is 8.18. The van der Waals surface area contributed by atoms with Gasteiger partial charge in [0.05, 0.1) is 35.5 Å². The first-order valence-corrected chi connectivity index (χ1v) is 9.95. The molecule has 1 amide bonds. The highest BCUT2D eigenvalue weighted by Gasteiger charge is 2.23. The van der Waals surface area contributed by atoms with Gasteiger partial charge in [0, 0.05) is 24.0 Å². The Morgan fingerprint density at radius 1 is 1.30 bits per heavy atom. The van der Waals surface area contributed by atoms with Crippen molar-refractivity contribution in [2.45, 2.75) is 13.5 Å². The summed E-state index contributed by atoms with van der Waals surface area (Å²) in [6.45, 7) is 2.63. The van der Waals surface area contributed by atoms with Crippen LogP contribution in [0, 0.1) is 11.3 Å². The minimum atomic E-state index is -0.216. The SMILES string of the molecule is CCOc1c(C#N)cnc2ccc(C=C3SC(=NCc4cnccn4)NC3=O)cc12. The van der Waals surface area contributed by atoms with Gasteiger partial charge < -0.3 is 10.1 Å². The molecule has 3 heterocycles. The van der Waals surface area contributed by atoms with E-state index in [-0.39, 0.29) is 5.91 Å². The molecule has 1 saturated heterocycles. The van der Waals surface area contributed by atoms with E-state index < -0.39 is 0 Å². The summed E-state index contributed by atoms with van der Waals surface area (Å²) in [4.78, 5) is 29.7. The van der Waals surface area contributed by atoms with Crippen LogP contribution >= 0.6 is 11.8 Å². The Bertz CT molecular complexity index is 1220. The average Bonchev–Trinajstić information content (AvgIpc) is 3.12. The predicted molar refractivity (Wildman–Crippen MR) is 115 cm³/mol. The molecule has 9 heteroatoms. The highest BCUT2D eigenvalue weighted by atomic mass is 32.2. The van der Waals surface area contributed by atoms with Crippen LogP contribution in [-0.2, 0) is 11.3 Å². The van der Waals surface area contributed by atoms with Crippen molar-refractivity contribution in [2.24, 2.45) is 4.99 Å². The summed E-state index contributed by atoms with van der Waals surface area (Å²) < 4.78 is 5.68. The van der Waals surface area contributed by atoms with Gasteiger partial charge in [-0.05, 0) is 42.5 Å². The molecule has 0 radical (unpaired) electrons. The number of nitrogens with zero attached hydrogens (tertiary/aromatic N) is 5. The fourth-order valence-electron chi connectivity index (χ4n) is 2.87. The first kappa shape index (κ1) is 19.5. The molecule has 0 bridgehead atoms. The summed E-state index contributed by atoms with van der Waals surface area (Å²) in [5.41, 5.74) is 2.61. The van der Waals surface area contributed by atoms with Gasteiger partial charge in [-0.25, -0.2) is 0 Å². The number of rotatable bonds is 5. The minimum Gasteiger partial charge on any atom is -0.492 e. The second-order valence-electron chi connectivity index (χ2n) is 6.21. The van der Waals surface area contributed by atoms with Crippen LogP contribution in [0.1, 0.15) is 23.7 Å². The van der Waals surface area contributed by atoms with Crippen LogP contribution in [0.5, 0.6) is 5.75 Å². The summed E-state index contributed by atoms with van der Waals surface area (Å²) in [5.74, 6) is 0.284. The van der Waals surface area contributed by atoms with E-state index in [1.54, 1.807) is 24.7 Å². The van der Waals surface area contributed by atoms with E-state index in [2.05, 4.69) is 31.3 Å². The van der Waals surface area contributed by atoms with E-state index in [4.69, 9.17) is 4.74 Å². The van der Waals surface area contributed by atoms with Gasteiger partial charge in [0.1, 0.15) is 17.4 Å². The molecule has 1 aliphatic rings. The van der Waals surface area contributed by atoms with Gasteiger partial charge in [-0.15, -0.1) is 0 Å². The van der Waals surface area contributed by atoms with E-state index in [1.807, 2.05) is 25.1 Å². The number of amidine groups is 1. The number of aliphatic imine (C=N–C) groups is 1. The molecular formula is C21H16N6O2S. The summed E-state index contributed by atoms with van der Waals surface area (Å²) in [6, 6.07) is 7.68. The maximum absolute atomic E-state index is 12.3. The topological polar surface area (TPSA) is 113 Å². The molecule has 148 valence electrons. The van der Waals surface area contributed by atoms with Crippen molar-refractivity contribution in [2.75, 3.05) is 6.61 Å². The van der Waals surface area contributed by atoms with Crippen molar-refractivity contribution in [3.63, 3.8) is 0 Å². The molecule has 2 aromatic heterocycles. The van der Waals surface area contributed by atoms with Crippen LogP contribution in [0.3, 0.4) is 0 Å². The smallest absolute Gasteiger partial charge is 0.264 e. The van der Waals surface area contributed by atoms with E-state index in [1.165, 1.54) is 18.0 Å². The number of pyridine rings is 1. The van der Waals surface area contributed by atoms with Crippen molar-refractivity contribution >= 4 is 39.8 Å². The predicted octanol–water partition coefficient (Wildman–Crippen LogP) is 3.06. The number of benzene rings is 1. The van der Waals surface area contributed by atoms with Crippen molar-refractivity contribution in [1.82, 2.24) is 20.3 Å². The van der Waals surface area contributed by atoms with Crippen molar-refractivity contribution in [1.29, 1.82) is 5.26 Å². The molecule has 0 spiro atoms. The third-order valence-corrected chi connectivity index (χ3v) is 5.15. The monoisotopic (exact) mass is 416 g/mol. The van der Waals surface area contributed by atoms with E-state index in [0.717, 1.165) is 16.6 Å². The highest BCUT2D eigenvalue weighted by Crippen LogP contribution is 2.31. The molecule has 8 nitrogen and oxygen atoms in total. The first-order chi connectivity index (χ1) is 14.7. The fraction of sp³-hybridized carbons (Fsp3) is 0.143. The number of carbonyl (C=O) groups excluding carboxylic acids is 1. The van der Waals surface area contributed by atoms with Gasteiger partial charge in [-0.1, -0.05) is 6.07 Å². The molecule has 0 saturated carbocycles. The van der Waals surface area contributed by atoms with Crippen LogP contribution in [0.15, 0.2) is 52.9 Å². The number of amides is 1. The number of carbonyl (C=O) groups is 1. The van der Waals surface area contributed by atoms with E-state index in [0.29, 0.717) is 40.1 Å². The number of ether oxygens (including phenoxy) is 1. The summed E-state index contributed by atoms with van der Waals surface area (Å²) in [7, 11) is 0. The number of nitrogens with one attached hydrogen (secondary N) is 1.